The van der Waals surface area contributed by atoms with Gasteiger partial charge in [-0.3, -0.25) is 0 Å². The Morgan fingerprint density at radius 3 is 2.45 bits per heavy atom. The lowest BCUT2D eigenvalue weighted by atomic mass is 9.89. The monoisotopic (exact) mass is 273 g/mol. The molecular formula is C17H27N3. The number of anilines is 2. The largest absolute Gasteiger partial charge is 0.371 e. The Bertz CT molecular complexity index is 438. The molecule has 0 atom stereocenters. The van der Waals surface area contributed by atoms with E-state index in [0.29, 0.717) is 0 Å². The van der Waals surface area contributed by atoms with Crippen molar-refractivity contribution in [2.45, 2.75) is 44.7 Å². The lowest BCUT2D eigenvalue weighted by Crippen LogP contribution is -2.48. The summed E-state index contributed by atoms with van der Waals surface area (Å²) in [6.07, 6.45) is 5.31. The first kappa shape index (κ1) is 13.7. The number of fused-ring (bicyclic) bond motifs is 1. The standard InChI is InChI=1S/C17H27N3/c1-3-18-14-8-10-15(11-9-14)20-13-12-19(2)16-6-4-5-7-17(16)20/h4-7,14-15,18H,3,8-13H2,1-2H3. The Morgan fingerprint density at radius 2 is 1.75 bits per heavy atom. The number of hydrogen-bond acceptors (Lipinski definition) is 3. The van der Waals surface area contributed by atoms with Gasteiger partial charge in [0.05, 0.1) is 11.4 Å². The van der Waals surface area contributed by atoms with E-state index in [9.17, 15) is 0 Å². The van der Waals surface area contributed by atoms with E-state index in [0.717, 1.165) is 25.2 Å². The minimum atomic E-state index is 0.736. The molecule has 0 spiro atoms. The molecule has 0 unspecified atom stereocenters. The molecule has 0 amide bonds. The normalized spacial score (nSPS) is 26.5. The van der Waals surface area contributed by atoms with Crippen LogP contribution in [0.4, 0.5) is 11.4 Å². The van der Waals surface area contributed by atoms with Gasteiger partial charge in [-0.25, -0.2) is 0 Å². The van der Waals surface area contributed by atoms with Gasteiger partial charge in [-0.1, -0.05) is 19.1 Å². The van der Waals surface area contributed by atoms with Crippen LogP contribution in [-0.4, -0.2) is 38.8 Å². The highest BCUT2D eigenvalue weighted by Gasteiger charge is 2.29. The van der Waals surface area contributed by atoms with Gasteiger partial charge in [-0.15, -0.1) is 0 Å². The van der Waals surface area contributed by atoms with Gasteiger partial charge in [0.2, 0.25) is 0 Å². The van der Waals surface area contributed by atoms with Crippen LogP contribution in [0.3, 0.4) is 0 Å². The summed E-state index contributed by atoms with van der Waals surface area (Å²) in [6, 6.07) is 10.4. The molecular weight excluding hydrogens is 246 g/mol. The Morgan fingerprint density at radius 1 is 1.05 bits per heavy atom. The summed E-state index contributed by atoms with van der Waals surface area (Å²) in [7, 11) is 2.21. The van der Waals surface area contributed by atoms with E-state index in [1.807, 2.05) is 0 Å². The predicted octanol–water partition coefficient (Wildman–Crippen LogP) is 2.86. The highest BCUT2D eigenvalue weighted by atomic mass is 15.3. The summed E-state index contributed by atoms with van der Waals surface area (Å²) >= 11 is 0. The van der Waals surface area contributed by atoms with E-state index in [1.54, 1.807) is 0 Å². The molecule has 3 heteroatoms. The maximum absolute atomic E-state index is 3.61. The zero-order chi connectivity index (χ0) is 13.9. The van der Waals surface area contributed by atoms with Gasteiger partial charge in [-0.2, -0.15) is 0 Å². The zero-order valence-corrected chi connectivity index (χ0v) is 12.8. The Balaban J connectivity index is 1.71. The summed E-state index contributed by atoms with van der Waals surface area (Å²) < 4.78 is 0. The lowest BCUT2D eigenvalue weighted by molar-refractivity contribution is 0.334. The van der Waals surface area contributed by atoms with Crippen LogP contribution in [0.5, 0.6) is 0 Å². The first-order chi connectivity index (χ1) is 9.79. The van der Waals surface area contributed by atoms with Crippen molar-refractivity contribution in [1.29, 1.82) is 0 Å². The average Bonchev–Trinajstić information content (AvgIpc) is 2.49. The van der Waals surface area contributed by atoms with Crippen LogP contribution >= 0.6 is 0 Å². The molecule has 1 saturated carbocycles. The zero-order valence-electron chi connectivity index (χ0n) is 12.8. The van der Waals surface area contributed by atoms with Gasteiger partial charge in [0, 0.05) is 32.2 Å². The molecule has 1 N–H and O–H groups in total. The van der Waals surface area contributed by atoms with E-state index >= 15 is 0 Å². The molecule has 0 radical (unpaired) electrons. The number of nitrogens with one attached hydrogen (secondary N) is 1. The predicted molar refractivity (Wildman–Crippen MR) is 86.8 cm³/mol. The molecule has 1 aromatic carbocycles. The molecule has 1 aromatic rings. The van der Waals surface area contributed by atoms with Crippen molar-refractivity contribution in [3.63, 3.8) is 0 Å². The van der Waals surface area contributed by atoms with Gasteiger partial charge in [0.25, 0.3) is 0 Å². The molecule has 0 saturated heterocycles. The molecule has 1 aliphatic heterocycles. The summed E-state index contributed by atoms with van der Waals surface area (Å²) in [5.41, 5.74) is 2.83. The lowest BCUT2D eigenvalue weighted by Gasteiger charge is -2.44. The molecule has 20 heavy (non-hydrogen) atoms. The third kappa shape index (κ3) is 2.64. The maximum atomic E-state index is 3.61. The van der Waals surface area contributed by atoms with E-state index in [1.165, 1.54) is 43.6 Å². The van der Waals surface area contributed by atoms with Crippen LogP contribution in [0.1, 0.15) is 32.6 Å². The van der Waals surface area contributed by atoms with Crippen molar-refractivity contribution in [1.82, 2.24) is 5.32 Å². The van der Waals surface area contributed by atoms with Crippen molar-refractivity contribution in [2.75, 3.05) is 36.5 Å². The van der Waals surface area contributed by atoms with Gasteiger partial charge in [-0.05, 0) is 44.4 Å². The topological polar surface area (TPSA) is 18.5 Å². The molecule has 2 aliphatic rings. The summed E-state index contributed by atoms with van der Waals surface area (Å²) in [5, 5.41) is 3.61. The van der Waals surface area contributed by atoms with Crippen LogP contribution in [0.25, 0.3) is 0 Å². The molecule has 1 fully saturated rings. The van der Waals surface area contributed by atoms with Crippen molar-refractivity contribution in [3.8, 4) is 0 Å². The summed E-state index contributed by atoms with van der Waals surface area (Å²) in [4.78, 5) is 5.05. The quantitative estimate of drug-likeness (QED) is 0.913. The fourth-order valence-electron chi connectivity index (χ4n) is 3.79. The average molecular weight is 273 g/mol. The molecule has 1 aliphatic carbocycles. The third-order valence-electron chi connectivity index (χ3n) is 4.91. The van der Waals surface area contributed by atoms with E-state index in [4.69, 9.17) is 0 Å². The number of nitrogens with zero attached hydrogens (tertiary/aromatic N) is 2. The molecule has 3 rings (SSSR count). The van der Waals surface area contributed by atoms with Crippen molar-refractivity contribution >= 4 is 11.4 Å². The van der Waals surface area contributed by atoms with Gasteiger partial charge in [0.1, 0.15) is 0 Å². The Labute approximate surface area is 123 Å². The Kier molecular flexibility index (Phi) is 4.16. The summed E-state index contributed by atoms with van der Waals surface area (Å²) in [6.45, 7) is 5.63. The van der Waals surface area contributed by atoms with Gasteiger partial charge >= 0.3 is 0 Å². The maximum Gasteiger partial charge on any atom is 0.0607 e. The van der Waals surface area contributed by atoms with Crippen LogP contribution in [0.15, 0.2) is 24.3 Å². The fraction of sp³-hybridized carbons (Fsp3) is 0.647. The number of rotatable bonds is 3. The number of hydrogen-bond donors (Lipinski definition) is 1. The van der Waals surface area contributed by atoms with Crippen LogP contribution in [0, 0.1) is 0 Å². The fourth-order valence-corrected chi connectivity index (χ4v) is 3.79. The van der Waals surface area contributed by atoms with E-state index in [2.05, 4.69) is 53.4 Å². The third-order valence-corrected chi connectivity index (χ3v) is 4.91. The van der Waals surface area contributed by atoms with Crippen molar-refractivity contribution in [3.05, 3.63) is 24.3 Å². The smallest absolute Gasteiger partial charge is 0.0607 e. The first-order valence-corrected chi connectivity index (χ1v) is 8.09. The highest BCUT2D eigenvalue weighted by molar-refractivity contribution is 5.73. The van der Waals surface area contributed by atoms with Gasteiger partial charge < -0.3 is 15.1 Å². The second kappa shape index (κ2) is 6.04. The molecule has 3 nitrogen and oxygen atoms in total. The second-order valence-electron chi connectivity index (χ2n) is 6.17. The van der Waals surface area contributed by atoms with Gasteiger partial charge in [0.15, 0.2) is 0 Å². The first-order valence-electron chi connectivity index (χ1n) is 8.09. The molecule has 0 aromatic heterocycles. The number of benzene rings is 1. The minimum absolute atomic E-state index is 0.736. The number of para-hydroxylation sites is 2. The van der Waals surface area contributed by atoms with Crippen LogP contribution in [-0.2, 0) is 0 Å². The molecule has 1 heterocycles. The minimum Gasteiger partial charge on any atom is -0.371 e. The van der Waals surface area contributed by atoms with Crippen LogP contribution in [0.2, 0.25) is 0 Å². The number of likely N-dealkylation sites (N-methyl/N-ethyl adjacent to an activating group) is 1. The Hall–Kier alpha value is -1.22. The molecule has 0 bridgehead atoms. The SMILES string of the molecule is CCNC1CCC(N2CCN(C)c3ccccc32)CC1. The summed E-state index contributed by atoms with van der Waals surface area (Å²) in [5.74, 6) is 0. The van der Waals surface area contributed by atoms with Crippen molar-refractivity contribution < 1.29 is 0 Å². The second-order valence-corrected chi connectivity index (χ2v) is 6.17. The molecule has 110 valence electrons. The van der Waals surface area contributed by atoms with Crippen LogP contribution < -0.4 is 15.1 Å². The van der Waals surface area contributed by atoms with E-state index < -0.39 is 0 Å². The van der Waals surface area contributed by atoms with Crippen molar-refractivity contribution in [2.24, 2.45) is 0 Å². The highest BCUT2D eigenvalue weighted by Crippen LogP contribution is 2.36. The van der Waals surface area contributed by atoms with E-state index in [-0.39, 0.29) is 0 Å².